The lowest BCUT2D eigenvalue weighted by molar-refractivity contribution is -0.137. The van der Waals surface area contributed by atoms with Crippen LogP contribution in [-0.2, 0) is 19.2 Å². The third-order valence-electron chi connectivity index (χ3n) is 7.49. The molecule has 0 unspecified atom stereocenters. The van der Waals surface area contributed by atoms with Crippen LogP contribution in [0.5, 0.6) is 0 Å². The summed E-state index contributed by atoms with van der Waals surface area (Å²) in [4.78, 5) is 50.0. The largest absolute Gasteiger partial charge is 0.347 e. The normalized spacial score (nSPS) is 32.5. The molecule has 0 atom stereocenters. The highest BCUT2D eigenvalue weighted by atomic mass is 16.2. The number of amides is 4. The summed E-state index contributed by atoms with van der Waals surface area (Å²) in [7, 11) is 0. The van der Waals surface area contributed by atoms with Gasteiger partial charge in [0.25, 0.3) is 11.8 Å². The fourth-order valence-corrected chi connectivity index (χ4v) is 6.69. The molecule has 0 radical (unpaired) electrons. The fraction of sp³-hybridized carbons (Fsp3) is 0.818. The van der Waals surface area contributed by atoms with Gasteiger partial charge in [0.1, 0.15) is 6.54 Å². The zero-order chi connectivity index (χ0) is 21.1. The first-order valence-electron chi connectivity index (χ1n) is 11.5. The molecule has 0 aromatic rings. The molecule has 1 saturated heterocycles. The molecule has 4 saturated carbocycles. The van der Waals surface area contributed by atoms with Crippen molar-refractivity contribution in [2.75, 3.05) is 19.6 Å². The van der Waals surface area contributed by atoms with Gasteiger partial charge in [-0.2, -0.15) is 0 Å². The zero-order valence-corrected chi connectivity index (χ0v) is 17.7. The monoisotopic (exact) mass is 418 g/mol. The average Bonchev–Trinajstić information content (AvgIpc) is 2.87. The number of nitrogens with zero attached hydrogens (tertiary/aromatic N) is 1. The highest BCUT2D eigenvalue weighted by Gasteiger charge is 2.51. The average molecular weight is 419 g/mol. The maximum absolute atomic E-state index is 12.5. The molecule has 166 valence electrons. The van der Waals surface area contributed by atoms with Crippen LogP contribution in [0.1, 0.15) is 70.6 Å². The van der Waals surface area contributed by atoms with Crippen LogP contribution in [0.3, 0.4) is 0 Å². The Balaban J connectivity index is 1.15. The third kappa shape index (κ3) is 5.13. The van der Waals surface area contributed by atoms with Gasteiger partial charge in [-0.25, -0.2) is 0 Å². The van der Waals surface area contributed by atoms with Gasteiger partial charge in [0.15, 0.2) is 0 Å². The van der Waals surface area contributed by atoms with E-state index >= 15 is 0 Å². The Hall–Kier alpha value is -2.12. The van der Waals surface area contributed by atoms with Crippen LogP contribution in [0, 0.1) is 23.2 Å². The van der Waals surface area contributed by atoms with Crippen molar-refractivity contribution in [3.8, 4) is 0 Å². The number of likely N-dealkylation sites (tertiary alicyclic amines) is 1. The summed E-state index contributed by atoms with van der Waals surface area (Å²) in [6, 6.07) is 0. The van der Waals surface area contributed by atoms with Gasteiger partial charge in [0, 0.05) is 19.4 Å². The van der Waals surface area contributed by atoms with Crippen LogP contribution < -0.4 is 16.2 Å². The smallest absolute Gasteiger partial charge is 0.257 e. The van der Waals surface area contributed by atoms with Crippen molar-refractivity contribution in [3.05, 3.63) is 0 Å². The van der Waals surface area contributed by atoms with Gasteiger partial charge in [0.05, 0.1) is 6.54 Å². The van der Waals surface area contributed by atoms with E-state index in [9.17, 15) is 19.2 Å². The highest BCUT2D eigenvalue weighted by molar-refractivity contribution is 5.88. The molecule has 4 bridgehead atoms. The van der Waals surface area contributed by atoms with Gasteiger partial charge in [-0.15, -0.1) is 0 Å². The van der Waals surface area contributed by atoms with Crippen LogP contribution in [0.2, 0.25) is 0 Å². The topological polar surface area (TPSA) is 108 Å². The lowest BCUT2D eigenvalue weighted by Crippen LogP contribution is -2.51. The third-order valence-corrected chi connectivity index (χ3v) is 7.49. The molecule has 5 aliphatic rings. The SMILES string of the molecule is O=C(CC12CC3CC(CC(C3)C1)C2)NCC(=O)NNC(=O)CN1CCCCCC1=O. The summed E-state index contributed by atoms with van der Waals surface area (Å²) in [6.45, 7) is 0.353. The number of rotatable bonds is 6. The van der Waals surface area contributed by atoms with E-state index < -0.39 is 11.8 Å². The Morgan fingerprint density at radius 3 is 2.17 bits per heavy atom. The van der Waals surface area contributed by atoms with Gasteiger partial charge in [-0.1, -0.05) is 6.42 Å². The van der Waals surface area contributed by atoms with E-state index in [1.165, 1.54) is 24.2 Å². The highest BCUT2D eigenvalue weighted by Crippen LogP contribution is 2.61. The Morgan fingerprint density at radius 2 is 1.50 bits per heavy atom. The van der Waals surface area contributed by atoms with Gasteiger partial charge in [-0.05, 0) is 74.5 Å². The Bertz CT molecular complexity index is 672. The van der Waals surface area contributed by atoms with Crippen molar-refractivity contribution in [1.29, 1.82) is 0 Å². The number of hydrogen-bond acceptors (Lipinski definition) is 4. The Labute approximate surface area is 177 Å². The number of hydrogen-bond donors (Lipinski definition) is 3. The first kappa shape index (κ1) is 21.1. The van der Waals surface area contributed by atoms with Crippen LogP contribution in [0.4, 0.5) is 0 Å². The Kier molecular flexibility index (Phi) is 6.29. The minimum atomic E-state index is -0.468. The van der Waals surface area contributed by atoms with Crippen LogP contribution in [0.15, 0.2) is 0 Å². The molecule has 8 heteroatoms. The minimum absolute atomic E-state index is 0.0223. The van der Waals surface area contributed by atoms with E-state index in [0.717, 1.165) is 56.3 Å². The summed E-state index contributed by atoms with van der Waals surface area (Å²) >= 11 is 0. The molecular formula is C22H34N4O4. The van der Waals surface area contributed by atoms with Crippen LogP contribution in [-0.4, -0.2) is 48.2 Å². The minimum Gasteiger partial charge on any atom is -0.347 e. The van der Waals surface area contributed by atoms with Crippen LogP contribution >= 0.6 is 0 Å². The first-order chi connectivity index (χ1) is 14.4. The van der Waals surface area contributed by atoms with E-state index in [1.807, 2.05) is 0 Å². The second-order valence-electron chi connectivity index (χ2n) is 10.1. The summed E-state index contributed by atoms with van der Waals surface area (Å²) in [6.07, 6.45) is 11.2. The summed E-state index contributed by atoms with van der Waals surface area (Å²) in [5.74, 6) is 1.37. The molecule has 3 N–H and O–H groups in total. The lowest BCUT2D eigenvalue weighted by atomic mass is 9.49. The zero-order valence-electron chi connectivity index (χ0n) is 17.7. The van der Waals surface area contributed by atoms with Gasteiger partial charge in [-0.3, -0.25) is 30.0 Å². The molecule has 4 aliphatic carbocycles. The molecule has 1 aliphatic heterocycles. The first-order valence-corrected chi connectivity index (χ1v) is 11.5. The van der Waals surface area contributed by atoms with Crippen molar-refractivity contribution in [3.63, 3.8) is 0 Å². The summed E-state index contributed by atoms with van der Waals surface area (Å²) < 4.78 is 0. The molecule has 0 spiro atoms. The predicted molar refractivity (Wildman–Crippen MR) is 110 cm³/mol. The van der Waals surface area contributed by atoms with Crippen molar-refractivity contribution in [2.45, 2.75) is 70.6 Å². The maximum atomic E-state index is 12.5. The molecule has 8 nitrogen and oxygen atoms in total. The molecule has 5 fully saturated rings. The van der Waals surface area contributed by atoms with Gasteiger partial charge >= 0.3 is 0 Å². The second kappa shape index (κ2) is 8.94. The Morgan fingerprint density at radius 1 is 0.867 bits per heavy atom. The predicted octanol–water partition coefficient (Wildman–Crippen LogP) is 1.26. The van der Waals surface area contributed by atoms with E-state index in [-0.39, 0.29) is 30.3 Å². The van der Waals surface area contributed by atoms with E-state index in [1.54, 1.807) is 0 Å². The van der Waals surface area contributed by atoms with Crippen LogP contribution in [0.25, 0.3) is 0 Å². The molecular weight excluding hydrogens is 384 g/mol. The van der Waals surface area contributed by atoms with E-state index in [0.29, 0.717) is 19.4 Å². The van der Waals surface area contributed by atoms with Crippen molar-refractivity contribution in [1.82, 2.24) is 21.1 Å². The number of nitrogens with one attached hydrogen (secondary N) is 3. The number of carbonyl (C=O) groups excluding carboxylic acids is 4. The molecule has 0 aromatic carbocycles. The molecule has 5 rings (SSSR count). The number of hydrazine groups is 1. The molecule has 0 aromatic heterocycles. The number of carbonyl (C=O) groups is 4. The second-order valence-corrected chi connectivity index (χ2v) is 10.1. The molecule has 4 amide bonds. The van der Waals surface area contributed by atoms with Crippen molar-refractivity contribution < 1.29 is 19.2 Å². The summed E-state index contributed by atoms with van der Waals surface area (Å²) in [5.41, 5.74) is 4.81. The maximum Gasteiger partial charge on any atom is 0.257 e. The quantitative estimate of drug-likeness (QED) is 0.565. The fourth-order valence-electron chi connectivity index (χ4n) is 6.69. The van der Waals surface area contributed by atoms with Crippen molar-refractivity contribution in [2.24, 2.45) is 23.2 Å². The van der Waals surface area contributed by atoms with Crippen molar-refractivity contribution >= 4 is 23.6 Å². The lowest BCUT2D eigenvalue weighted by Gasteiger charge is -2.56. The summed E-state index contributed by atoms with van der Waals surface area (Å²) in [5, 5.41) is 2.71. The standard InChI is InChI=1S/C22H34N4O4/c27-18(12-22-9-15-6-16(10-22)8-17(7-15)11-22)23-13-19(28)24-25-20(29)14-26-5-3-1-2-4-21(26)30/h15-17H,1-14H2,(H,23,27)(H,24,28)(H,25,29). The van der Waals surface area contributed by atoms with E-state index in [2.05, 4.69) is 16.2 Å². The van der Waals surface area contributed by atoms with Gasteiger partial charge in [0.2, 0.25) is 11.8 Å². The molecule has 30 heavy (non-hydrogen) atoms. The molecule has 1 heterocycles. The van der Waals surface area contributed by atoms with Gasteiger partial charge < -0.3 is 10.2 Å². The van der Waals surface area contributed by atoms with E-state index in [4.69, 9.17) is 0 Å².